The van der Waals surface area contributed by atoms with Crippen molar-refractivity contribution in [2.45, 2.75) is 0 Å². The summed E-state index contributed by atoms with van der Waals surface area (Å²) in [6, 6.07) is 3.68. The van der Waals surface area contributed by atoms with Gasteiger partial charge in [-0.3, -0.25) is 0 Å². The van der Waals surface area contributed by atoms with Gasteiger partial charge in [-0.2, -0.15) is 0 Å². The van der Waals surface area contributed by atoms with Gasteiger partial charge in [-0.05, 0) is 28.1 Å². The molecule has 0 atom stereocenters. The van der Waals surface area contributed by atoms with Crippen LogP contribution in [-0.4, -0.2) is 4.98 Å². The third kappa shape index (κ3) is 1.58. The zero-order valence-corrected chi connectivity index (χ0v) is 8.28. The molecule has 2 heterocycles. The number of nitrogen functional groups attached to an aromatic ring is 1. The van der Waals surface area contributed by atoms with Gasteiger partial charge in [-0.15, -0.1) is 0 Å². The van der Waals surface area contributed by atoms with E-state index in [1.807, 2.05) is 6.07 Å². The molecule has 2 aromatic rings. The van der Waals surface area contributed by atoms with Gasteiger partial charge in [0, 0.05) is 21.8 Å². The quantitative estimate of drug-likeness (QED) is 0.832. The zero-order valence-electron chi connectivity index (χ0n) is 6.70. The summed E-state index contributed by atoms with van der Waals surface area (Å²) < 4.78 is 5.89. The Morgan fingerprint density at radius 1 is 1.46 bits per heavy atom. The Balaban J connectivity index is 2.57. The number of rotatable bonds is 1. The molecule has 0 bridgehead atoms. The van der Waals surface area contributed by atoms with Gasteiger partial charge >= 0.3 is 0 Å². The van der Waals surface area contributed by atoms with E-state index in [-0.39, 0.29) is 0 Å². The Morgan fingerprint density at radius 3 is 3.00 bits per heavy atom. The highest BCUT2D eigenvalue weighted by Crippen LogP contribution is 2.28. The summed E-state index contributed by atoms with van der Waals surface area (Å²) in [4.78, 5) is 3.95. The Morgan fingerprint density at radius 2 is 2.31 bits per heavy atom. The highest BCUT2D eigenvalue weighted by molar-refractivity contribution is 9.10. The Labute approximate surface area is 83.7 Å². The van der Waals surface area contributed by atoms with Gasteiger partial charge in [-0.1, -0.05) is 0 Å². The molecule has 0 fully saturated rings. The molecule has 0 aliphatic rings. The van der Waals surface area contributed by atoms with Crippen molar-refractivity contribution in [2.24, 2.45) is 0 Å². The van der Waals surface area contributed by atoms with Gasteiger partial charge in [0.25, 0.3) is 0 Å². The lowest BCUT2D eigenvalue weighted by Crippen LogP contribution is -1.90. The molecular weight excluding hydrogens is 232 g/mol. The number of nitrogens with zero attached hydrogens (tertiary/aromatic N) is 1. The first kappa shape index (κ1) is 8.31. The van der Waals surface area contributed by atoms with E-state index in [1.165, 1.54) is 0 Å². The fourth-order valence-corrected chi connectivity index (χ4v) is 1.54. The van der Waals surface area contributed by atoms with Crippen molar-refractivity contribution < 1.29 is 4.42 Å². The second-order valence-electron chi connectivity index (χ2n) is 2.60. The molecule has 13 heavy (non-hydrogen) atoms. The van der Waals surface area contributed by atoms with Crippen molar-refractivity contribution in [3.05, 3.63) is 35.3 Å². The summed E-state index contributed by atoms with van der Waals surface area (Å²) in [6.45, 7) is 0. The number of halogens is 1. The highest BCUT2D eigenvalue weighted by Gasteiger charge is 2.04. The number of anilines is 1. The molecule has 0 aliphatic heterocycles. The number of nitrogens with two attached hydrogens (primary N) is 1. The van der Waals surface area contributed by atoms with Crippen molar-refractivity contribution in [3.8, 4) is 11.1 Å². The maximum Gasteiger partial charge on any atom is 0.123 e. The lowest BCUT2D eigenvalue weighted by Gasteiger charge is -2.01. The Bertz CT molecular complexity index is 412. The van der Waals surface area contributed by atoms with E-state index in [9.17, 15) is 0 Å². The molecule has 3 nitrogen and oxygen atoms in total. The predicted octanol–water partition coefficient (Wildman–Crippen LogP) is 2.69. The summed E-state index contributed by atoms with van der Waals surface area (Å²) in [6.07, 6.45) is 4.97. The average Bonchev–Trinajstić information content (AvgIpc) is 2.61. The fraction of sp³-hybridized carbons (Fsp3) is 0. The van der Waals surface area contributed by atoms with E-state index in [0.29, 0.717) is 5.82 Å². The van der Waals surface area contributed by atoms with Gasteiger partial charge in [0.1, 0.15) is 5.82 Å². The number of pyridine rings is 1. The Kier molecular flexibility index (Phi) is 2.06. The summed E-state index contributed by atoms with van der Waals surface area (Å²) in [5.41, 5.74) is 7.55. The second-order valence-corrected chi connectivity index (χ2v) is 3.46. The first-order chi connectivity index (χ1) is 6.27. The summed E-state index contributed by atoms with van der Waals surface area (Å²) in [7, 11) is 0. The van der Waals surface area contributed by atoms with Gasteiger partial charge in [0.2, 0.25) is 0 Å². The smallest absolute Gasteiger partial charge is 0.123 e. The predicted molar refractivity (Wildman–Crippen MR) is 54.1 cm³/mol. The zero-order chi connectivity index (χ0) is 9.26. The molecule has 2 N–H and O–H groups in total. The van der Waals surface area contributed by atoms with Gasteiger partial charge < -0.3 is 10.2 Å². The topological polar surface area (TPSA) is 52.0 Å². The molecule has 0 amide bonds. The highest BCUT2D eigenvalue weighted by atomic mass is 79.9. The molecule has 2 rings (SSSR count). The molecule has 2 aromatic heterocycles. The van der Waals surface area contributed by atoms with Crippen LogP contribution in [0.15, 0.2) is 39.7 Å². The molecule has 0 aliphatic carbocycles. The Hall–Kier alpha value is -1.29. The lowest BCUT2D eigenvalue weighted by molar-refractivity contribution is 0.568. The molecule has 4 heteroatoms. The van der Waals surface area contributed by atoms with Crippen LogP contribution in [0, 0.1) is 0 Å². The molecule has 0 saturated carbocycles. The van der Waals surface area contributed by atoms with Crippen LogP contribution in [0.5, 0.6) is 0 Å². The first-order valence-corrected chi connectivity index (χ1v) is 4.50. The molecular formula is C9H7BrN2O. The normalized spacial score (nSPS) is 10.2. The third-order valence-electron chi connectivity index (χ3n) is 1.71. The molecule has 0 unspecified atom stereocenters. The van der Waals surface area contributed by atoms with Gasteiger partial charge in [0.15, 0.2) is 0 Å². The van der Waals surface area contributed by atoms with Crippen LogP contribution in [0.1, 0.15) is 0 Å². The fourth-order valence-electron chi connectivity index (χ4n) is 1.09. The van der Waals surface area contributed by atoms with Crippen LogP contribution in [0.4, 0.5) is 5.82 Å². The molecule has 0 saturated heterocycles. The lowest BCUT2D eigenvalue weighted by atomic mass is 10.1. The standard InChI is InChI=1S/C9H7BrN2O/c10-8-4-12-9(11)3-7(8)6-1-2-13-5-6/h1-5H,(H2,11,12). The second kappa shape index (κ2) is 3.22. The van der Waals surface area contributed by atoms with Gasteiger partial charge in [0.05, 0.1) is 12.5 Å². The molecule has 0 aromatic carbocycles. The molecule has 0 spiro atoms. The third-order valence-corrected chi connectivity index (χ3v) is 2.34. The SMILES string of the molecule is Nc1cc(-c2ccoc2)c(Br)cn1. The minimum absolute atomic E-state index is 0.499. The van der Waals surface area contributed by atoms with E-state index >= 15 is 0 Å². The van der Waals surface area contributed by atoms with E-state index in [4.69, 9.17) is 10.2 Å². The van der Waals surface area contributed by atoms with E-state index < -0.39 is 0 Å². The maximum absolute atomic E-state index is 5.57. The summed E-state index contributed by atoms with van der Waals surface area (Å²) in [5, 5.41) is 0. The van der Waals surface area contributed by atoms with Crippen molar-refractivity contribution >= 4 is 21.7 Å². The van der Waals surface area contributed by atoms with Crippen LogP contribution in [-0.2, 0) is 0 Å². The van der Waals surface area contributed by atoms with E-state index in [0.717, 1.165) is 15.6 Å². The van der Waals surface area contributed by atoms with Crippen molar-refractivity contribution in [3.63, 3.8) is 0 Å². The molecule has 66 valence electrons. The molecule has 0 radical (unpaired) electrons. The number of hydrogen-bond acceptors (Lipinski definition) is 3. The van der Waals surface area contributed by atoms with Crippen LogP contribution < -0.4 is 5.73 Å². The minimum Gasteiger partial charge on any atom is -0.472 e. The van der Waals surface area contributed by atoms with E-state index in [2.05, 4.69) is 20.9 Å². The van der Waals surface area contributed by atoms with E-state index in [1.54, 1.807) is 24.8 Å². The number of hydrogen-bond donors (Lipinski definition) is 1. The van der Waals surface area contributed by atoms with Crippen LogP contribution in [0.3, 0.4) is 0 Å². The van der Waals surface area contributed by atoms with Crippen LogP contribution in [0.2, 0.25) is 0 Å². The largest absolute Gasteiger partial charge is 0.472 e. The number of furan rings is 1. The monoisotopic (exact) mass is 238 g/mol. The first-order valence-electron chi connectivity index (χ1n) is 3.71. The van der Waals surface area contributed by atoms with Crippen molar-refractivity contribution in [2.75, 3.05) is 5.73 Å². The van der Waals surface area contributed by atoms with Crippen molar-refractivity contribution in [1.29, 1.82) is 0 Å². The van der Waals surface area contributed by atoms with Gasteiger partial charge in [-0.25, -0.2) is 4.98 Å². The average molecular weight is 239 g/mol. The number of aromatic nitrogens is 1. The van der Waals surface area contributed by atoms with Crippen LogP contribution in [0.25, 0.3) is 11.1 Å². The maximum atomic E-state index is 5.57. The summed E-state index contributed by atoms with van der Waals surface area (Å²) in [5.74, 6) is 0.499. The summed E-state index contributed by atoms with van der Waals surface area (Å²) >= 11 is 3.39. The minimum atomic E-state index is 0.499. The van der Waals surface area contributed by atoms with Crippen molar-refractivity contribution in [1.82, 2.24) is 4.98 Å². The van der Waals surface area contributed by atoms with Crippen LogP contribution >= 0.6 is 15.9 Å².